The number of carboxylic acid groups (broad SMARTS) is 1. The van der Waals surface area contributed by atoms with Crippen molar-refractivity contribution in [3.05, 3.63) is 35.6 Å². The van der Waals surface area contributed by atoms with E-state index in [1.165, 1.54) is 18.2 Å². The lowest BCUT2D eigenvalue weighted by molar-refractivity contribution is -0.139. The smallest absolute Gasteiger partial charge is 0.326 e. The summed E-state index contributed by atoms with van der Waals surface area (Å²) >= 11 is 0. The Morgan fingerprint density at radius 2 is 2.10 bits per heavy atom. The third-order valence-electron chi connectivity index (χ3n) is 2.46. The average molecular weight is 305 g/mol. The van der Waals surface area contributed by atoms with Crippen LogP contribution in [-0.4, -0.2) is 38.5 Å². The molecule has 0 heterocycles. The molecule has 0 spiro atoms. The topological polar surface area (TPSA) is 92.7 Å². The van der Waals surface area contributed by atoms with E-state index in [1.807, 2.05) is 4.72 Å². The van der Waals surface area contributed by atoms with Crippen LogP contribution in [0.25, 0.3) is 0 Å². The van der Waals surface area contributed by atoms with E-state index in [0.717, 1.165) is 6.07 Å². The Kier molecular flexibility index (Phi) is 6.05. The van der Waals surface area contributed by atoms with Gasteiger partial charge in [0.25, 0.3) is 0 Å². The molecule has 0 aliphatic rings. The van der Waals surface area contributed by atoms with E-state index in [1.54, 1.807) is 6.92 Å². The predicted octanol–water partition coefficient (Wildman–Crippen LogP) is 0.907. The van der Waals surface area contributed by atoms with Gasteiger partial charge < -0.3 is 9.84 Å². The fraction of sp³-hybridized carbons (Fsp3) is 0.417. The highest BCUT2D eigenvalue weighted by Gasteiger charge is 2.27. The lowest BCUT2D eigenvalue weighted by Gasteiger charge is -2.15. The molecule has 0 saturated carbocycles. The molecule has 0 fully saturated rings. The second kappa shape index (κ2) is 7.32. The van der Waals surface area contributed by atoms with Gasteiger partial charge in [0, 0.05) is 12.2 Å². The van der Waals surface area contributed by atoms with Crippen molar-refractivity contribution in [3.8, 4) is 0 Å². The lowest BCUT2D eigenvalue weighted by atomic mass is 10.1. The summed E-state index contributed by atoms with van der Waals surface area (Å²) in [5, 5.41) is 9.06. The van der Waals surface area contributed by atoms with Gasteiger partial charge in [-0.25, -0.2) is 12.8 Å². The van der Waals surface area contributed by atoms with Crippen molar-refractivity contribution in [1.82, 2.24) is 4.72 Å². The zero-order chi connectivity index (χ0) is 15.2. The number of rotatable bonds is 8. The first-order chi connectivity index (χ1) is 9.37. The second-order valence-electron chi connectivity index (χ2n) is 3.93. The van der Waals surface area contributed by atoms with Gasteiger partial charge in [0.05, 0.1) is 12.4 Å². The van der Waals surface area contributed by atoms with Crippen LogP contribution >= 0.6 is 0 Å². The van der Waals surface area contributed by atoms with Crippen LogP contribution in [0.5, 0.6) is 0 Å². The maximum atomic E-state index is 13.6. The molecule has 20 heavy (non-hydrogen) atoms. The van der Waals surface area contributed by atoms with Gasteiger partial charge in [0.2, 0.25) is 10.0 Å². The highest BCUT2D eigenvalue weighted by atomic mass is 32.2. The molecule has 1 rings (SSSR count). The molecule has 112 valence electrons. The minimum atomic E-state index is -3.89. The predicted molar refractivity (Wildman–Crippen MR) is 70.2 cm³/mol. The number of benzene rings is 1. The number of ether oxygens (including phenoxy) is 1. The Morgan fingerprint density at radius 3 is 2.65 bits per heavy atom. The molecule has 1 aromatic rings. The Hall–Kier alpha value is -1.51. The van der Waals surface area contributed by atoms with Crippen molar-refractivity contribution < 1.29 is 27.4 Å². The zero-order valence-electron chi connectivity index (χ0n) is 10.9. The van der Waals surface area contributed by atoms with Gasteiger partial charge in [0.1, 0.15) is 11.9 Å². The van der Waals surface area contributed by atoms with Crippen molar-refractivity contribution in [2.45, 2.75) is 13.0 Å². The van der Waals surface area contributed by atoms with E-state index in [2.05, 4.69) is 0 Å². The fourth-order valence-electron chi connectivity index (χ4n) is 1.51. The summed E-state index contributed by atoms with van der Waals surface area (Å²) in [6, 6.07) is 3.45. The van der Waals surface area contributed by atoms with Crippen molar-refractivity contribution in [1.29, 1.82) is 0 Å². The number of hydrogen-bond donors (Lipinski definition) is 2. The molecule has 1 aromatic carbocycles. The number of halogens is 1. The summed E-state index contributed by atoms with van der Waals surface area (Å²) in [7, 11) is -3.89. The molecule has 1 atom stereocenters. The Labute approximate surface area is 116 Å². The van der Waals surface area contributed by atoms with Crippen LogP contribution in [0.3, 0.4) is 0 Å². The molecule has 6 nitrogen and oxygen atoms in total. The molecule has 8 heteroatoms. The van der Waals surface area contributed by atoms with Gasteiger partial charge in [-0.3, -0.25) is 4.79 Å². The first-order valence-corrected chi connectivity index (χ1v) is 7.57. The summed E-state index contributed by atoms with van der Waals surface area (Å²) in [5.41, 5.74) is -0.236. The van der Waals surface area contributed by atoms with Gasteiger partial charge in [-0.2, -0.15) is 4.72 Å². The number of hydrogen-bond acceptors (Lipinski definition) is 4. The number of carbonyl (C=O) groups is 1. The molecule has 1 unspecified atom stereocenters. The standard InChI is InChI=1S/C12H16FNO5S/c1-2-19-7-8-20(17,18)14-11(12(15)16)9-5-3-4-6-10(9)13/h3-6,11,14H,2,7-8H2,1H3,(H,15,16). The van der Waals surface area contributed by atoms with Gasteiger partial charge >= 0.3 is 5.97 Å². The van der Waals surface area contributed by atoms with Crippen LogP contribution in [0.1, 0.15) is 18.5 Å². The Bertz CT molecular complexity index is 561. The number of aliphatic carboxylic acids is 1. The van der Waals surface area contributed by atoms with Crippen molar-refractivity contribution in [2.75, 3.05) is 19.0 Å². The molecule has 0 bridgehead atoms. The fourth-order valence-corrected chi connectivity index (χ4v) is 2.55. The van der Waals surface area contributed by atoms with E-state index in [-0.39, 0.29) is 17.9 Å². The van der Waals surface area contributed by atoms with Crippen LogP contribution in [0.15, 0.2) is 24.3 Å². The first kappa shape index (κ1) is 16.5. The average Bonchev–Trinajstić information content (AvgIpc) is 2.37. The number of nitrogens with one attached hydrogen (secondary N) is 1. The third kappa shape index (κ3) is 4.87. The normalized spacial score (nSPS) is 13.1. The van der Waals surface area contributed by atoms with Crippen molar-refractivity contribution in [2.24, 2.45) is 0 Å². The van der Waals surface area contributed by atoms with E-state index in [9.17, 15) is 17.6 Å². The molecule has 0 amide bonds. The molecular formula is C12H16FNO5S. The summed E-state index contributed by atoms with van der Waals surface area (Å²) in [5.74, 6) is -2.65. The highest BCUT2D eigenvalue weighted by Crippen LogP contribution is 2.18. The number of carboxylic acids is 1. The minimum absolute atomic E-state index is 0.0601. The molecule has 2 N–H and O–H groups in total. The first-order valence-electron chi connectivity index (χ1n) is 5.92. The second-order valence-corrected chi connectivity index (χ2v) is 5.80. The molecule has 0 radical (unpaired) electrons. The van der Waals surface area contributed by atoms with Crippen LogP contribution < -0.4 is 4.72 Å². The van der Waals surface area contributed by atoms with Gasteiger partial charge in [-0.1, -0.05) is 18.2 Å². The number of sulfonamides is 1. The van der Waals surface area contributed by atoms with Crippen LogP contribution in [0, 0.1) is 5.82 Å². The van der Waals surface area contributed by atoms with Gasteiger partial charge in [-0.15, -0.1) is 0 Å². The highest BCUT2D eigenvalue weighted by molar-refractivity contribution is 7.89. The largest absolute Gasteiger partial charge is 0.480 e. The molecule has 0 aliphatic carbocycles. The van der Waals surface area contributed by atoms with E-state index in [4.69, 9.17) is 9.84 Å². The van der Waals surface area contributed by atoms with E-state index < -0.39 is 27.9 Å². The Morgan fingerprint density at radius 1 is 1.45 bits per heavy atom. The summed E-state index contributed by atoms with van der Waals surface area (Å²) in [4.78, 5) is 11.1. The SMILES string of the molecule is CCOCCS(=O)(=O)NC(C(=O)O)c1ccccc1F. The lowest BCUT2D eigenvalue weighted by Crippen LogP contribution is -2.36. The van der Waals surface area contributed by atoms with Crippen LogP contribution in [0.4, 0.5) is 4.39 Å². The van der Waals surface area contributed by atoms with Crippen LogP contribution in [0.2, 0.25) is 0 Å². The van der Waals surface area contributed by atoms with Gasteiger partial charge in [-0.05, 0) is 13.0 Å². The van der Waals surface area contributed by atoms with Crippen molar-refractivity contribution in [3.63, 3.8) is 0 Å². The maximum Gasteiger partial charge on any atom is 0.326 e. The third-order valence-corrected chi connectivity index (χ3v) is 3.76. The summed E-state index contributed by atoms with van der Waals surface area (Å²) < 4.78 is 43.9. The summed E-state index contributed by atoms with van der Waals surface area (Å²) in [6.07, 6.45) is 0. The van der Waals surface area contributed by atoms with E-state index >= 15 is 0 Å². The molecule has 0 saturated heterocycles. The molecule has 0 aliphatic heterocycles. The molecular weight excluding hydrogens is 289 g/mol. The molecule has 0 aromatic heterocycles. The quantitative estimate of drug-likeness (QED) is 0.696. The minimum Gasteiger partial charge on any atom is -0.480 e. The van der Waals surface area contributed by atoms with Gasteiger partial charge in [0.15, 0.2) is 0 Å². The zero-order valence-corrected chi connectivity index (χ0v) is 11.7. The maximum absolute atomic E-state index is 13.6. The van der Waals surface area contributed by atoms with Crippen molar-refractivity contribution >= 4 is 16.0 Å². The van der Waals surface area contributed by atoms with E-state index in [0.29, 0.717) is 6.61 Å². The monoisotopic (exact) mass is 305 g/mol. The van der Waals surface area contributed by atoms with Crippen LogP contribution in [-0.2, 0) is 19.6 Å². The summed E-state index contributed by atoms with van der Waals surface area (Å²) in [6.45, 7) is 2.00. The Balaban J connectivity index is 2.89.